The Balaban J connectivity index is 1.89. The maximum Gasteiger partial charge on any atom is 0.226 e. The Morgan fingerprint density at radius 1 is 1.05 bits per heavy atom. The number of aromatic nitrogens is 2. The zero-order chi connectivity index (χ0) is 13.1. The quantitative estimate of drug-likeness (QED) is 0.911. The number of nitrogens with one attached hydrogen (secondary N) is 1. The van der Waals surface area contributed by atoms with Gasteiger partial charge < -0.3 is 10.2 Å². The largest absolute Gasteiger partial charge is 0.338 e. The van der Waals surface area contributed by atoms with Gasteiger partial charge in [0.25, 0.3) is 0 Å². The van der Waals surface area contributed by atoms with E-state index in [0.717, 1.165) is 49.9 Å². The van der Waals surface area contributed by atoms with Crippen LogP contribution in [-0.4, -0.2) is 36.1 Å². The molecule has 0 radical (unpaired) electrons. The summed E-state index contributed by atoms with van der Waals surface area (Å²) < 4.78 is 0. The topological polar surface area (TPSA) is 41.1 Å². The van der Waals surface area contributed by atoms with E-state index >= 15 is 0 Å². The molecule has 4 heteroatoms. The van der Waals surface area contributed by atoms with Gasteiger partial charge in [0.05, 0.1) is 11.4 Å². The van der Waals surface area contributed by atoms with E-state index in [9.17, 15) is 0 Å². The van der Waals surface area contributed by atoms with Gasteiger partial charge in [-0.15, -0.1) is 0 Å². The van der Waals surface area contributed by atoms with E-state index in [1.807, 2.05) is 0 Å². The Bertz CT molecular complexity index is 486. The van der Waals surface area contributed by atoms with Crippen LogP contribution in [0.15, 0.2) is 24.3 Å². The van der Waals surface area contributed by atoms with Crippen molar-refractivity contribution < 1.29 is 0 Å². The van der Waals surface area contributed by atoms with Gasteiger partial charge in [0.1, 0.15) is 0 Å². The number of piperazine rings is 1. The van der Waals surface area contributed by atoms with Gasteiger partial charge >= 0.3 is 0 Å². The zero-order valence-electron chi connectivity index (χ0n) is 11.4. The van der Waals surface area contributed by atoms with Crippen molar-refractivity contribution in [3.8, 4) is 11.4 Å². The van der Waals surface area contributed by atoms with Gasteiger partial charge in [0.15, 0.2) is 0 Å². The second-order valence-electron chi connectivity index (χ2n) is 5.02. The zero-order valence-corrected chi connectivity index (χ0v) is 11.4. The highest BCUT2D eigenvalue weighted by Gasteiger charge is 2.17. The number of imidazole rings is 1. The van der Waals surface area contributed by atoms with Crippen LogP contribution in [0.1, 0.15) is 18.9 Å². The standard InChI is InChI=1S/C15H20N4/c1-2-3-12-4-6-13-14(7-5-12)18-15(17-13)19-10-8-16-9-11-19/h4-7,16H,2-3,8-11H2,1H3. The lowest BCUT2D eigenvalue weighted by molar-refractivity contribution is 0.582. The third-order valence-corrected chi connectivity index (χ3v) is 3.55. The van der Waals surface area contributed by atoms with Crippen molar-refractivity contribution in [1.82, 2.24) is 15.3 Å². The van der Waals surface area contributed by atoms with Gasteiger partial charge in [0, 0.05) is 26.2 Å². The van der Waals surface area contributed by atoms with Gasteiger partial charge in [-0.3, -0.25) is 0 Å². The molecule has 0 aromatic carbocycles. The SMILES string of the molecule is CCCc1ccc2nc(N3CCNCC3)nc-2cc1. The number of aryl methyl sites for hydroxylation is 1. The minimum absolute atomic E-state index is 0.875. The molecule has 100 valence electrons. The number of anilines is 1. The molecule has 0 saturated carbocycles. The third kappa shape index (κ3) is 2.68. The molecule has 19 heavy (non-hydrogen) atoms. The maximum absolute atomic E-state index is 4.66. The summed E-state index contributed by atoms with van der Waals surface area (Å²) in [5.74, 6) is 0.875. The van der Waals surface area contributed by atoms with Crippen LogP contribution >= 0.6 is 0 Å². The molecular weight excluding hydrogens is 236 g/mol. The van der Waals surface area contributed by atoms with Crippen LogP contribution < -0.4 is 10.2 Å². The monoisotopic (exact) mass is 256 g/mol. The smallest absolute Gasteiger partial charge is 0.226 e. The molecule has 0 spiro atoms. The number of nitrogens with zero attached hydrogens (tertiary/aromatic N) is 3. The Morgan fingerprint density at radius 3 is 2.26 bits per heavy atom. The summed E-state index contributed by atoms with van der Waals surface area (Å²) in [5.41, 5.74) is 3.35. The fourth-order valence-electron chi connectivity index (χ4n) is 2.49. The van der Waals surface area contributed by atoms with E-state index in [1.54, 1.807) is 0 Å². The first-order valence-corrected chi connectivity index (χ1v) is 7.09. The second-order valence-corrected chi connectivity index (χ2v) is 5.02. The minimum Gasteiger partial charge on any atom is -0.338 e. The molecule has 0 amide bonds. The van der Waals surface area contributed by atoms with E-state index in [-0.39, 0.29) is 0 Å². The highest BCUT2D eigenvalue weighted by atomic mass is 15.3. The molecule has 3 aliphatic rings. The molecule has 1 N–H and O–H groups in total. The Hall–Kier alpha value is -1.68. The summed E-state index contributed by atoms with van der Waals surface area (Å²) in [7, 11) is 0. The fourth-order valence-corrected chi connectivity index (χ4v) is 2.49. The lowest BCUT2D eigenvalue weighted by Gasteiger charge is -2.26. The Labute approximate surface area is 114 Å². The molecule has 1 fully saturated rings. The first-order valence-electron chi connectivity index (χ1n) is 7.09. The van der Waals surface area contributed by atoms with Crippen LogP contribution in [0, 0.1) is 0 Å². The molecule has 0 aromatic heterocycles. The van der Waals surface area contributed by atoms with Crippen molar-refractivity contribution >= 4 is 5.95 Å². The van der Waals surface area contributed by atoms with Crippen molar-refractivity contribution in [2.24, 2.45) is 0 Å². The lowest BCUT2D eigenvalue weighted by Crippen LogP contribution is -2.44. The fraction of sp³-hybridized carbons (Fsp3) is 0.467. The average Bonchev–Trinajstić information content (AvgIpc) is 2.78. The van der Waals surface area contributed by atoms with Crippen LogP contribution in [0.25, 0.3) is 11.4 Å². The highest BCUT2D eigenvalue weighted by molar-refractivity contribution is 5.60. The number of hydrogen-bond donors (Lipinski definition) is 1. The van der Waals surface area contributed by atoms with Gasteiger partial charge in [-0.1, -0.05) is 25.5 Å². The number of rotatable bonds is 3. The summed E-state index contributed by atoms with van der Waals surface area (Å²) in [6.45, 7) is 6.21. The van der Waals surface area contributed by atoms with E-state index in [0.29, 0.717) is 0 Å². The van der Waals surface area contributed by atoms with Gasteiger partial charge in [-0.25, -0.2) is 9.97 Å². The van der Waals surface area contributed by atoms with Gasteiger partial charge in [-0.2, -0.15) is 0 Å². The highest BCUT2D eigenvalue weighted by Crippen LogP contribution is 2.23. The number of hydrogen-bond acceptors (Lipinski definition) is 4. The van der Waals surface area contributed by atoms with Crippen LogP contribution in [0.5, 0.6) is 0 Å². The summed E-state index contributed by atoms with van der Waals surface area (Å²) in [4.78, 5) is 11.6. The Kier molecular flexibility index (Phi) is 3.60. The van der Waals surface area contributed by atoms with Crippen molar-refractivity contribution in [3.05, 3.63) is 29.8 Å². The molecule has 3 rings (SSSR count). The third-order valence-electron chi connectivity index (χ3n) is 3.55. The van der Waals surface area contributed by atoms with E-state index in [1.165, 1.54) is 12.0 Å². The molecule has 2 heterocycles. The predicted octanol–water partition coefficient (Wildman–Crippen LogP) is 1.94. The van der Waals surface area contributed by atoms with Crippen molar-refractivity contribution in [3.63, 3.8) is 0 Å². The van der Waals surface area contributed by atoms with Crippen molar-refractivity contribution in [2.45, 2.75) is 19.8 Å². The van der Waals surface area contributed by atoms with E-state index < -0.39 is 0 Å². The minimum atomic E-state index is 0.875. The van der Waals surface area contributed by atoms with E-state index in [2.05, 4.69) is 51.4 Å². The van der Waals surface area contributed by atoms with Crippen molar-refractivity contribution in [1.29, 1.82) is 0 Å². The predicted molar refractivity (Wildman–Crippen MR) is 77.7 cm³/mol. The first-order chi connectivity index (χ1) is 9.36. The summed E-state index contributed by atoms with van der Waals surface area (Å²) in [6.07, 6.45) is 2.28. The first kappa shape index (κ1) is 12.4. The van der Waals surface area contributed by atoms with E-state index in [4.69, 9.17) is 0 Å². The molecular formula is C15H20N4. The van der Waals surface area contributed by atoms with Crippen LogP contribution in [-0.2, 0) is 6.42 Å². The second kappa shape index (κ2) is 5.53. The maximum atomic E-state index is 4.66. The Morgan fingerprint density at radius 2 is 1.68 bits per heavy atom. The van der Waals surface area contributed by atoms with Gasteiger partial charge in [0.2, 0.25) is 5.95 Å². The van der Waals surface area contributed by atoms with Crippen molar-refractivity contribution in [2.75, 3.05) is 31.1 Å². The molecule has 2 aliphatic heterocycles. The molecule has 0 atom stereocenters. The summed E-state index contributed by atoms with van der Waals surface area (Å²) in [5, 5.41) is 3.35. The summed E-state index contributed by atoms with van der Waals surface area (Å²) in [6, 6.07) is 8.53. The summed E-state index contributed by atoms with van der Waals surface area (Å²) >= 11 is 0. The lowest BCUT2D eigenvalue weighted by atomic mass is 10.2. The van der Waals surface area contributed by atoms with Crippen LogP contribution in [0.2, 0.25) is 0 Å². The molecule has 0 aromatic rings. The molecule has 4 nitrogen and oxygen atoms in total. The van der Waals surface area contributed by atoms with Crippen LogP contribution in [0.3, 0.4) is 0 Å². The normalized spacial score (nSPS) is 15.9. The molecule has 0 unspecified atom stereocenters. The van der Waals surface area contributed by atoms with Gasteiger partial charge in [-0.05, 0) is 24.1 Å². The average molecular weight is 256 g/mol. The molecule has 1 aliphatic carbocycles. The molecule has 1 saturated heterocycles. The number of fused-ring (bicyclic) bond motifs is 1. The molecule has 0 bridgehead atoms. The van der Waals surface area contributed by atoms with Crippen LogP contribution in [0.4, 0.5) is 5.95 Å².